The number of alkyl halides is 1. The summed E-state index contributed by atoms with van der Waals surface area (Å²) in [5, 5.41) is -0.789. The standard InChI is InChI=1S/C21H18ClNO4S2/c22-21-19-14-8-7-9-16(19)15-20(21)23(28(24,25)17-10-3-1-4-11-17)29(26,27)18-12-5-2-6-13-18/h1-14,20-21H,15H2/t20-,21-/m0/s1. The van der Waals surface area contributed by atoms with Gasteiger partial charge in [-0.3, -0.25) is 0 Å². The van der Waals surface area contributed by atoms with Crippen molar-refractivity contribution >= 4 is 31.6 Å². The molecule has 0 radical (unpaired) electrons. The lowest BCUT2D eigenvalue weighted by molar-refractivity contribution is 0.423. The highest BCUT2D eigenvalue weighted by molar-refractivity contribution is 8.04. The summed E-state index contributed by atoms with van der Waals surface area (Å²) in [5.74, 6) is 0. The van der Waals surface area contributed by atoms with E-state index in [9.17, 15) is 16.8 Å². The zero-order valence-corrected chi connectivity index (χ0v) is 17.6. The van der Waals surface area contributed by atoms with E-state index in [1.165, 1.54) is 24.3 Å². The van der Waals surface area contributed by atoms with Crippen molar-refractivity contribution in [1.82, 2.24) is 3.71 Å². The summed E-state index contributed by atoms with van der Waals surface area (Å²) < 4.78 is 54.7. The number of nitrogens with zero attached hydrogens (tertiary/aromatic N) is 1. The average Bonchev–Trinajstić information content (AvgIpc) is 3.05. The van der Waals surface area contributed by atoms with Crippen LogP contribution in [0.1, 0.15) is 16.5 Å². The van der Waals surface area contributed by atoms with Gasteiger partial charge in [0, 0.05) is 0 Å². The van der Waals surface area contributed by atoms with Gasteiger partial charge in [0.05, 0.1) is 21.2 Å². The Kier molecular flexibility index (Phi) is 5.25. The normalized spacial score (nSPS) is 19.2. The molecule has 3 aromatic rings. The fourth-order valence-electron chi connectivity index (χ4n) is 3.58. The van der Waals surface area contributed by atoms with Crippen LogP contribution in [0.5, 0.6) is 0 Å². The topological polar surface area (TPSA) is 71.5 Å². The summed E-state index contributed by atoms with van der Waals surface area (Å²) in [6.45, 7) is 0. The SMILES string of the molecule is O=S(=O)(c1ccccc1)N([C@H]1Cc2ccccc2[C@@H]1Cl)S(=O)(=O)c1ccccc1. The molecule has 0 saturated carbocycles. The van der Waals surface area contributed by atoms with Crippen molar-refractivity contribution in [3.8, 4) is 0 Å². The summed E-state index contributed by atoms with van der Waals surface area (Å²) in [5.41, 5.74) is 1.59. The van der Waals surface area contributed by atoms with Gasteiger partial charge < -0.3 is 0 Å². The molecule has 0 amide bonds. The molecule has 1 aliphatic rings. The van der Waals surface area contributed by atoms with E-state index >= 15 is 0 Å². The van der Waals surface area contributed by atoms with E-state index in [0.717, 1.165) is 11.1 Å². The van der Waals surface area contributed by atoms with Gasteiger partial charge in [-0.25, -0.2) is 16.8 Å². The Morgan fingerprint density at radius 2 is 1.14 bits per heavy atom. The smallest absolute Gasteiger partial charge is 0.206 e. The van der Waals surface area contributed by atoms with Crippen LogP contribution in [0.25, 0.3) is 0 Å². The molecule has 1 aliphatic carbocycles. The minimum absolute atomic E-state index is 0.0978. The van der Waals surface area contributed by atoms with Crippen LogP contribution >= 0.6 is 11.6 Å². The van der Waals surface area contributed by atoms with Gasteiger partial charge in [0.2, 0.25) is 0 Å². The summed E-state index contributed by atoms with van der Waals surface area (Å²) >= 11 is 6.62. The monoisotopic (exact) mass is 447 g/mol. The summed E-state index contributed by atoms with van der Waals surface area (Å²) in [6, 6.07) is 21.4. The van der Waals surface area contributed by atoms with E-state index < -0.39 is 31.5 Å². The van der Waals surface area contributed by atoms with E-state index in [2.05, 4.69) is 0 Å². The molecule has 8 heteroatoms. The van der Waals surface area contributed by atoms with Gasteiger partial charge in [0.25, 0.3) is 20.0 Å². The van der Waals surface area contributed by atoms with Gasteiger partial charge in [0.1, 0.15) is 0 Å². The van der Waals surface area contributed by atoms with Crippen molar-refractivity contribution in [1.29, 1.82) is 0 Å². The maximum Gasteiger partial charge on any atom is 0.256 e. The van der Waals surface area contributed by atoms with Crippen LogP contribution in [0.4, 0.5) is 0 Å². The summed E-state index contributed by atoms with van der Waals surface area (Å²) in [6.07, 6.45) is 0.211. The van der Waals surface area contributed by atoms with Crippen LogP contribution in [0.15, 0.2) is 94.7 Å². The van der Waals surface area contributed by atoms with Crippen LogP contribution in [0, 0.1) is 0 Å². The van der Waals surface area contributed by atoms with Crippen LogP contribution < -0.4 is 0 Å². The molecule has 0 saturated heterocycles. The highest BCUT2D eigenvalue weighted by Gasteiger charge is 2.48. The zero-order valence-electron chi connectivity index (χ0n) is 15.2. The Morgan fingerprint density at radius 1 is 0.690 bits per heavy atom. The van der Waals surface area contributed by atoms with Gasteiger partial charge >= 0.3 is 0 Å². The van der Waals surface area contributed by atoms with Crippen LogP contribution in [-0.2, 0) is 26.5 Å². The maximum atomic E-state index is 13.5. The van der Waals surface area contributed by atoms with Crippen molar-refractivity contribution < 1.29 is 16.8 Å². The number of hydrogen-bond acceptors (Lipinski definition) is 4. The largest absolute Gasteiger partial charge is 0.256 e. The molecule has 29 heavy (non-hydrogen) atoms. The van der Waals surface area contributed by atoms with Gasteiger partial charge in [-0.2, -0.15) is 0 Å². The molecular weight excluding hydrogens is 430 g/mol. The maximum absolute atomic E-state index is 13.5. The highest BCUT2D eigenvalue weighted by atomic mass is 35.5. The molecule has 3 aromatic carbocycles. The lowest BCUT2D eigenvalue weighted by Gasteiger charge is -2.29. The molecule has 4 rings (SSSR count). The second-order valence-electron chi connectivity index (χ2n) is 6.73. The number of halogens is 1. The minimum Gasteiger partial charge on any atom is -0.206 e. The average molecular weight is 448 g/mol. The fraction of sp³-hybridized carbons (Fsp3) is 0.143. The molecule has 0 aromatic heterocycles. The van der Waals surface area contributed by atoms with E-state index in [-0.39, 0.29) is 16.2 Å². The van der Waals surface area contributed by atoms with E-state index in [4.69, 9.17) is 11.6 Å². The molecule has 0 unspecified atom stereocenters. The fourth-order valence-corrected chi connectivity index (χ4v) is 8.21. The van der Waals surface area contributed by atoms with Crippen molar-refractivity contribution in [3.05, 3.63) is 96.1 Å². The van der Waals surface area contributed by atoms with Crippen LogP contribution in [0.3, 0.4) is 0 Å². The first-order valence-electron chi connectivity index (χ1n) is 8.95. The second kappa shape index (κ2) is 7.57. The van der Waals surface area contributed by atoms with E-state index in [1.54, 1.807) is 48.5 Å². The third-order valence-corrected chi connectivity index (χ3v) is 9.87. The van der Waals surface area contributed by atoms with Gasteiger partial charge in [-0.05, 0) is 41.8 Å². The Labute approximate surface area is 175 Å². The van der Waals surface area contributed by atoms with Crippen LogP contribution in [-0.4, -0.2) is 26.6 Å². The summed E-state index contributed by atoms with van der Waals surface area (Å²) in [7, 11) is -8.76. The predicted octanol–water partition coefficient (Wildman–Crippen LogP) is 3.97. The Bertz CT molecular complexity index is 1160. The molecule has 0 fully saturated rings. The Hall–Kier alpha value is -2.19. The molecule has 0 N–H and O–H groups in total. The van der Waals surface area contributed by atoms with Gasteiger partial charge in [-0.1, -0.05) is 64.4 Å². The number of rotatable bonds is 5. The van der Waals surface area contributed by atoms with Crippen LogP contribution in [0.2, 0.25) is 0 Å². The third-order valence-electron chi connectivity index (χ3n) is 4.95. The minimum atomic E-state index is -4.38. The summed E-state index contributed by atoms with van der Waals surface area (Å²) in [4.78, 5) is -0.196. The number of hydrogen-bond donors (Lipinski definition) is 0. The molecular formula is C21H18ClNO4S2. The first-order chi connectivity index (χ1) is 13.8. The molecule has 2 atom stereocenters. The number of fused-ring (bicyclic) bond motifs is 1. The van der Waals surface area contributed by atoms with Crippen molar-refractivity contribution in [2.24, 2.45) is 0 Å². The Balaban J connectivity index is 1.90. The highest BCUT2D eigenvalue weighted by Crippen LogP contribution is 2.43. The number of benzene rings is 3. The Morgan fingerprint density at radius 3 is 1.62 bits per heavy atom. The van der Waals surface area contributed by atoms with Crippen molar-refractivity contribution in [3.63, 3.8) is 0 Å². The molecule has 0 heterocycles. The molecule has 150 valence electrons. The van der Waals surface area contributed by atoms with Crippen molar-refractivity contribution in [2.75, 3.05) is 0 Å². The van der Waals surface area contributed by atoms with E-state index in [1.807, 2.05) is 12.1 Å². The van der Waals surface area contributed by atoms with E-state index in [0.29, 0.717) is 3.71 Å². The third kappa shape index (κ3) is 3.48. The lowest BCUT2D eigenvalue weighted by atomic mass is 10.1. The van der Waals surface area contributed by atoms with Crippen molar-refractivity contribution in [2.45, 2.75) is 27.6 Å². The first kappa shape index (κ1) is 20.1. The lowest BCUT2D eigenvalue weighted by Crippen LogP contribution is -2.45. The number of sulfonamides is 2. The van der Waals surface area contributed by atoms with Gasteiger partial charge in [0.15, 0.2) is 0 Å². The predicted molar refractivity (Wildman–Crippen MR) is 112 cm³/mol. The second-order valence-corrected chi connectivity index (χ2v) is 11.1. The molecule has 0 bridgehead atoms. The quantitative estimate of drug-likeness (QED) is 0.555. The molecule has 5 nitrogen and oxygen atoms in total. The zero-order chi connectivity index (χ0) is 20.6. The molecule has 0 aliphatic heterocycles. The molecule has 0 spiro atoms. The van der Waals surface area contributed by atoms with Gasteiger partial charge in [-0.15, -0.1) is 11.6 Å². The first-order valence-corrected chi connectivity index (χ1v) is 12.3.